The van der Waals surface area contributed by atoms with Crippen LogP contribution in [0.4, 0.5) is 20.6 Å². The number of benzene rings is 1. The summed E-state index contributed by atoms with van der Waals surface area (Å²) in [6, 6.07) is 6.55. The lowest BCUT2D eigenvalue weighted by Crippen LogP contribution is -2.48. The fourth-order valence-corrected chi connectivity index (χ4v) is 6.57. The number of amides is 2. The number of carbonyl (C=O) groups excluding carboxylic acids is 2. The molecule has 1 aromatic carbocycles. The average molecular weight is 471 g/mol. The zero-order chi connectivity index (χ0) is 22.5. The molecule has 2 aromatic rings. The van der Waals surface area contributed by atoms with E-state index >= 15 is 4.39 Å². The molecule has 4 atom stereocenters. The molecule has 33 heavy (non-hydrogen) atoms. The summed E-state index contributed by atoms with van der Waals surface area (Å²) >= 11 is 1.93. The molecular weight excluding hydrogens is 447 g/mol. The van der Waals surface area contributed by atoms with E-state index in [0.29, 0.717) is 34.8 Å². The van der Waals surface area contributed by atoms with E-state index in [1.807, 2.05) is 11.8 Å². The van der Waals surface area contributed by atoms with Gasteiger partial charge in [-0.1, -0.05) is 0 Å². The van der Waals surface area contributed by atoms with Gasteiger partial charge in [-0.15, -0.1) is 0 Å². The number of ether oxygens (including phenoxy) is 2. The molecule has 1 aromatic heterocycles. The highest BCUT2D eigenvalue weighted by atomic mass is 32.2. The molecule has 3 saturated heterocycles. The van der Waals surface area contributed by atoms with E-state index in [9.17, 15) is 9.59 Å². The van der Waals surface area contributed by atoms with Gasteiger partial charge in [0.15, 0.2) is 0 Å². The minimum Gasteiger partial charge on any atom is -0.489 e. The quantitative estimate of drug-likeness (QED) is 0.736. The smallest absolute Gasteiger partial charge is 0.415 e. The summed E-state index contributed by atoms with van der Waals surface area (Å²) in [5.74, 6) is 1.85. The molecule has 5 heterocycles. The average Bonchev–Trinajstić information content (AvgIpc) is 3.28. The number of carbonyl (C=O) groups is 2. The monoisotopic (exact) mass is 470 g/mol. The molecule has 0 radical (unpaired) electrons. The predicted octanol–water partition coefficient (Wildman–Crippen LogP) is 2.82. The van der Waals surface area contributed by atoms with Crippen molar-refractivity contribution >= 4 is 35.1 Å². The van der Waals surface area contributed by atoms with Crippen molar-refractivity contribution in [1.29, 1.82) is 0 Å². The van der Waals surface area contributed by atoms with E-state index in [-0.39, 0.29) is 24.9 Å². The van der Waals surface area contributed by atoms with Gasteiger partial charge in [-0.25, -0.2) is 9.18 Å². The Kier molecular flexibility index (Phi) is 5.05. The molecule has 3 fully saturated rings. The van der Waals surface area contributed by atoms with Crippen LogP contribution in [-0.4, -0.2) is 65.9 Å². The summed E-state index contributed by atoms with van der Waals surface area (Å²) in [6.45, 7) is 0.338. The van der Waals surface area contributed by atoms with Gasteiger partial charge in [0.1, 0.15) is 30.3 Å². The van der Waals surface area contributed by atoms with Gasteiger partial charge >= 0.3 is 6.09 Å². The van der Waals surface area contributed by atoms with Gasteiger partial charge in [0.2, 0.25) is 0 Å². The van der Waals surface area contributed by atoms with Crippen LogP contribution in [0, 0.1) is 5.82 Å². The van der Waals surface area contributed by atoms with Crippen molar-refractivity contribution in [3.8, 4) is 5.75 Å². The van der Waals surface area contributed by atoms with Crippen molar-refractivity contribution in [1.82, 2.24) is 10.3 Å². The third-order valence-corrected chi connectivity index (χ3v) is 8.07. The molecule has 10 heteroatoms. The second-order valence-electron chi connectivity index (χ2n) is 8.72. The Morgan fingerprint density at radius 3 is 2.70 bits per heavy atom. The normalized spacial score (nSPS) is 27.5. The Bertz CT molecular complexity index is 1090. The third kappa shape index (κ3) is 3.47. The first kappa shape index (κ1) is 20.6. The van der Waals surface area contributed by atoms with E-state index < -0.39 is 18.2 Å². The fourth-order valence-electron chi connectivity index (χ4n) is 5.23. The van der Waals surface area contributed by atoms with Crippen LogP contribution in [0.1, 0.15) is 23.2 Å². The van der Waals surface area contributed by atoms with Gasteiger partial charge < -0.3 is 19.7 Å². The zero-order valence-corrected chi connectivity index (χ0v) is 18.6. The van der Waals surface area contributed by atoms with Gasteiger partial charge in [-0.05, 0) is 25.0 Å². The number of cyclic esters (lactones) is 1. The van der Waals surface area contributed by atoms with Crippen LogP contribution in [0.3, 0.4) is 0 Å². The number of nitrogens with zero attached hydrogens (tertiary/aromatic N) is 3. The highest BCUT2D eigenvalue weighted by molar-refractivity contribution is 7.99. The topological polar surface area (TPSA) is 84.0 Å². The van der Waals surface area contributed by atoms with Crippen molar-refractivity contribution in [2.24, 2.45) is 0 Å². The first-order chi connectivity index (χ1) is 16.1. The Balaban J connectivity index is 1.21. The van der Waals surface area contributed by atoms with Gasteiger partial charge in [0, 0.05) is 53.7 Å². The van der Waals surface area contributed by atoms with Crippen molar-refractivity contribution in [2.45, 2.75) is 37.1 Å². The summed E-state index contributed by atoms with van der Waals surface area (Å²) in [5.41, 5.74) is 1.39. The summed E-state index contributed by atoms with van der Waals surface area (Å²) in [6.07, 6.45) is 4.05. The van der Waals surface area contributed by atoms with E-state index in [1.165, 1.54) is 23.4 Å². The molecule has 0 aliphatic carbocycles. The lowest BCUT2D eigenvalue weighted by molar-refractivity contribution is 0.0886. The summed E-state index contributed by atoms with van der Waals surface area (Å²) in [7, 11) is 0. The number of hydrogen-bond donors (Lipinski definition) is 1. The molecule has 0 spiro atoms. The summed E-state index contributed by atoms with van der Waals surface area (Å²) in [5, 5.41) is 2.79. The van der Waals surface area contributed by atoms with Crippen molar-refractivity contribution in [2.75, 3.05) is 34.5 Å². The highest BCUT2D eigenvalue weighted by Gasteiger charge is 2.47. The van der Waals surface area contributed by atoms with E-state index in [0.717, 1.165) is 24.3 Å². The number of pyridine rings is 1. The van der Waals surface area contributed by atoms with E-state index in [2.05, 4.69) is 15.2 Å². The molecule has 172 valence electrons. The van der Waals surface area contributed by atoms with Crippen LogP contribution in [0.15, 0.2) is 36.7 Å². The molecule has 1 N–H and O–H groups in total. The van der Waals surface area contributed by atoms with Crippen molar-refractivity contribution < 1.29 is 23.5 Å². The van der Waals surface area contributed by atoms with Crippen molar-refractivity contribution in [3.05, 3.63) is 48.0 Å². The molecule has 2 bridgehead atoms. The number of halogens is 1. The lowest BCUT2D eigenvalue weighted by atomic mass is 10.1. The number of anilines is 2. The third-order valence-electron chi connectivity index (χ3n) is 6.83. The maximum atomic E-state index is 15.3. The highest BCUT2D eigenvalue weighted by Crippen LogP contribution is 2.45. The fraction of sp³-hybridized carbons (Fsp3) is 0.435. The number of nitrogens with one attached hydrogen (secondary N) is 1. The maximum absolute atomic E-state index is 15.3. The molecule has 6 rings (SSSR count). The van der Waals surface area contributed by atoms with E-state index in [1.54, 1.807) is 18.2 Å². The standard InChI is InChI=1S/C23H23FN4O4S/c24-16-7-18-20(8-17(16)27-14-1-2-15(27)12-33-11-14)31-10-19-21(32-23(30)28(18)19)9-26-22(29)13-3-5-25-6-4-13/h3-8,14-15,19,21H,1-2,9-12H2,(H,26,29)/t14-,15+,19-,21-/m0/s1. The second kappa shape index (κ2) is 8.09. The van der Waals surface area contributed by atoms with Gasteiger partial charge in [-0.3, -0.25) is 14.7 Å². The number of rotatable bonds is 4. The zero-order valence-electron chi connectivity index (χ0n) is 17.8. The molecule has 4 aliphatic rings. The minimum atomic E-state index is -0.603. The molecule has 0 saturated carbocycles. The number of thioether (sulfide) groups is 1. The Morgan fingerprint density at radius 1 is 1.18 bits per heavy atom. The van der Waals surface area contributed by atoms with Crippen LogP contribution in [0.2, 0.25) is 0 Å². The van der Waals surface area contributed by atoms with Crippen molar-refractivity contribution in [3.63, 3.8) is 0 Å². The number of fused-ring (bicyclic) bond motifs is 5. The van der Waals surface area contributed by atoms with Crippen LogP contribution in [0.5, 0.6) is 5.75 Å². The second-order valence-corrected chi connectivity index (χ2v) is 9.79. The largest absolute Gasteiger partial charge is 0.489 e. The Hall–Kier alpha value is -3.01. The van der Waals surface area contributed by atoms with Crippen LogP contribution in [0.25, 0.3) is 0 Å². The Labute approximate surface area is 194 Å². The molecule has 0 unspecified atom stereocenters. The lowest BCUT2D eigenvalue weighted by Gasteiger charge is -2.38. The summed E-state index contributed by atoms with van der Waals surface area (Å²) in [4.78, 5) is 32.6. The van der Waals surface area contributed by atoms with E-state index in [4.69, 9.17) is 9.47 Å². The number of aromatic nitrogens is 1. The van der Waals surface area contributed by atoms with Gasteiger partial charge in [0.05, 0.1) is 17.9 Å². The maximum Gasteiger partial charge on any atom is 0.415 e. The van der Waals surface area contributed by atoms with Crippen LogP contribution >= 0.6 is 11.8 Å². The van der Waals surface area contributed by atoms with Crippen LogP contribution < -0.4 is 19.9 Å². The Morgan fingerprint density at radius 2 is 1.94 bits per heavy atom. The first-order valence-corrected chi connectivity index (χ1v) is 12.3. The minimum absolute atomic E-state index is 0.127. The van der Waals surface area contributed by atoms with Crippen LogP contribution in [-0.2, 0) is 4.74 Å². The molecule has 4 aliphatic heterocycles. The molecule has 2 amide bonds. The van der Waals surface area contributed by atoms with Gasteiger partial charge in [0.25, 0.3) is 5.91 Å². The summed E-state index contributed by atoms with van der Waals surface area (Å²) < 4.78 is 26.8. The predicted molar refractivity (Wildman–Crippen MR) is 122 cm³/mol. The molecular formula is C23H23FN4O4S. The van der Waals surface area contributed by atoms with Gasteiger partial charge in [-0.2, -0.15) is 11.8 Å². The first-order valence-electron chi connectivity index (χ1n) is 11.1. The number of hydrogen-bond acceptors (Lipinski definition) is 7. The molecule has 8 nitrogen and oxygen atoms in total. The SMILES string of the molecule is O=C(NC[C@@H]1OC(=O)N2c3cc(F)c(N4[C@@H]5CC[C@H]4CSC5)cc3OC[C@@H]12)c1ccncc1.